The summed E-state index contributed by atoms with van der Waals surface area (Å²) < 4.78 is 0. The van der Waals surface area contributed by atoms with E-state index in [0.717, 1.165) is 38.9 Å². The van der Waals surface area contributed by atoms with E-state index in [9.17, 15) is 4.79 Å². The average molecular weight is 221 g/mol. The normalized spacial score (nSPS) is 30.2. The Morgan fingerprint density at radius 2 is 2.06 bits per heavy atom. The number of likely N-dealkylation sites (tertiary alicyclic amines) is 2. The van der Waals surface area contributed by atoms with Gasteiger partial charge in [-0.2, -0.15) is 5.26 Å². The van der Waals surface area contributed by atoms with Crippen LogP contribution in [0.4, 0.5) is 4.79 Å². The Morgan fingerprint density at radius 3 is 2.75 bits per heavy atom. The van der Waals surface area contributed by atoms with Crippen LogP contribution in [-0.4, -0.2) is 41.5 Å². The summed E-state index contributed by atoms with van der Waals surface area (Å²) in [6, 6.07) is 2.11. The maximum absolute atomic E-state index is 12.2. The standard InChI is InChI=1S/C12H19N3O/c1-10-4-2-6-14(9-10)12(16)15-7-3-5-11(15)8-13/h10-11H,2-7,9H2,1H3. The highest BCUT2D eigenvalue weighted by atomic mass is 16.2. The van der Waals surface area contributed by atoms with Crippen molar-refractivity contribution >= 4 is 6.03 Å². The number of piperidine rings is 1. The van der Waals surface area contributed by atoms with Crippen LogP contribution in [0.3, 0.4) is 0 Å². The first-order chi connectivity index (χ1) is 7.72. The highest BCUT2D eigenvalue weighted by Crippen LogP contribution is 2.22. The number of rotatable bonds is 0. The van der Waals surface area contributed by atoms with Crippen molar-refractivity contribution in [2.45, 2.75) is 38.6 Å². The largest absolute Gasteiger partial charge is 0.324 e. The first-order valence-corrected chi connectivity index (χ1v) is 6.17. The zero-order chi connectivity index (χ0) is 11.5. The molecule has 2 aliphatic heterocycles. The van der Waals surface area contributed by atoms with Gasteiger partial charge in [0.25, 0.3) is 0 Å². The molecule has 0 spiro atoms. The van der Waals surface area contributed by atoms with Crippen molar-refractivity contribution in [3.63, 3.8) is 0 Å². The molecule has 2 saturated heterocycles. The van der Waals surface area contributed by atoms with Gasteiger partial charge in [-0.3, -0.25) is 0 Å². The van der Waals surface area contributed by atoms with Crippen molar-refractivity contribution in [1.82, 2.24) is 9.80 Å². The van der Waals surface area contributed by atoms with Crippen molar-refractivity contribution in [2.75, 3.05) is 19.6 Å². The molecule has 0 aromatic rings. The van der Waals surface area contributed by atoms with Crippen molar-refractivity contribution in [3.8, 4) is 6.07 Å². The maximum atomic E-state index is 12.2. The Kier molecular flexibility index (Phi) is 3.33. The van der Waals surface area contributed by atoms with Crippen LogP contribution < -0.4 is 0 Å². The quantitative estimate of drug-likeness (QED) is 0.626. The molecule has 2 heterocycles. The van der Waals surface area contributed by atoms with E-state index in [1.165, 1.54) is 6.42 Å². The maximum Gasteiger partial charge on any atom is 0.321 e. The third-order valence-corrected chi connectivity index (χ3v) is 3.58. The van der Waals surface area contributed by atoms with Crippen LogP contribution in [-0.2, 0) is 0 Å². The SMILES string of the molecule is CC1CCCN(C(=O)N2CCCC2C#N)C1. The van der Waals surface area contributed by atoms with E-state index in [-0.39, 0.29) is 12.1 Å². The van der Waals surface area contributed by atoms with Crippen LogP contribution >= 0.6 is 0 Å². The molecule has 2 amide bonds. The summed E-state index contributed by atoms with van der Waals surface area (Å²) >= 11 is 0. The highest BCUT2D eigenvalue weighted by molar-refractivity contribution is 5.75. The van der Waals surface area contributed by atoms with Crippen molar-refractivity contribution in [2.24, 2.45) is 5.92 Å². The number of nitrogens with zero attached hydrogens (tertiary/aromatic N) is 3. The van der Waals surface area contributed by atoms with E-state index in [1.54, 1.807) is 4.90 Å². The van der Waals surface area contributed by atoms with E-state index in [2.05, 4.69) is 13.0 Å². The lowest BCUT2D eigenvalue weighted by atomic mass is 10.0. The lowest BCUT2D eigenvalue weighted by molar-refractivity contribution is 0.133. The van der Waals surface area contributed by atoms with Gasteiger partial charge in [0, 0.05) is 19.6 Å². The number of hydrogen-bond donors (Lipinski definition) is 0. The lowest BCUT2D eigenvalue weighted by Crippen LogP contribution is -2.48. The topological polar surface area (TPSA) is 47.3 Å². The van der Waals surface area contributed by atoms with Crippen LogP contribution in [0.1, 0.15) is 32.6 Å². The molecule has 0 saturated carbocycles. The van der Waals surface area contributed by atoms with E-state index >= 15 is 0 Å². The third-order valence-electron chi connectivity index (χ3n) is 3.58. The molecule has 2 fully saturated rings. The Morgan fingerprint density at radius 1 is 1.31 bits per heavy atom. The van der Waals surface area contributed by atoms with Crippen molar-refractivity contribution < 1.29 is 4.79 Å². The molecule has 2 unspecified atom stereocenters. The molecular formula is C12H19N3O. The van der Waals surface area contributed by atoms with E-state index < -0.39 is 0 Å². The fourth-order valence-electron chi connectivity index (χ4n) is 2.67. The van der Waals surface area contributed by atoms with Gasteiger partial charge in [-0.25, -0.2) is 4.79 Å². The molecule has 2 atom stereocenters. The van der Waals surface area contributed by atoms with Gasteiger partial charge in [0.1, 0.15) is 6.04 Å². The van der Waals surface area contributed by atoms with Crippen LogP contribution in [0.15, 0.2) is 0 Å². The molecule has 2 aliphatic rings. The zero-order valence-electron chi connectivity index (χ0n) is 9.85. The predicted molar refractivity (Wildman–Crippen MR) is 60.7 cm³/mol. The van der Waals surface area contributed by atoms with Gasteiger partial charge in [-0.1, -0.05) is 6.92 Å². The molecule has 0 aliphatic carbocycles. The second-order valence-corrected chi connectivity index (χ2v) is 4.96. The van der Waals surface area contributed by atoms with Crippen LogP contribution in [0.25, 0.3) is 0 Å². The molecule has 0 aromatic heterocycles. The predicted octanol–water partition coefficient (Wildman–Crippen LogP) is 1.83. The van der Waals surface area contributed by atoms with Crippen LogP contribution in [0.2, 0.25) is 0 Å². The van der Waals surface area contributed by atoms with Gasteiger partial charge in [0.05, 0.1) is 6.07 Å². The van der Waals surface area contributed by atoms with Gasteiger partial charge >= 0.3 is 6.03 Å². The van der Waals surface area contributed by atoms with Crippen molar-refractivity contribution in [3.05, 3.63) is 0 Å². The summed E-state index contributed by atoms with van der Waals surface area (Å²) in [5.74, 6) is 0.598. The summed E-state index contributed by atoms with van der Waals surface area (Å²) in [6.07, 6.45) is 4.11. The molecule has 4 nitrogen and oxygen atoms in total. The second kappa shape index (κ2) is 4.73. The minimum atomic E-state index is -0.190. The summed E-state index contributed by atoms with van der Waals surface area (Å²) in [4.78, 5) is 15.9. The number of hydrogen-bond acceptors (Lipinski definition) is 2. The van der Waals surface area contributed by atoms with Gasteiger partial charge in [0.15, 0.2) is 0 Å². The third kappa shape index (κ3) is 2.13. The number of nitriles is 1. The first kappa shape index (κ1) is 11.3. The summed E-state index contributed by atoms with van der Waals surface area (Å²) in [6.45, 7) is 4.65. The molecular weight excluding hydrogens is 202 g/mol. The van der Waals surface area contributed by atoms with Gasteiger partial charge in [-0.05, 0) is 31.6 Å². The fraction of sp³-hybridized carbons (Fsp3) is 0.833. The Balaban J connectivity index is 1.98. The molecule has 4 heteroatoms. The van der Waals surface area contributed by atoms with Crippen LogP contribution in [0, 0.1) is 17.2 Å². The molecule has 0 radical (unpaired) electrons. The van der Waals surface area contributed by atoms with Gasteiger partial charge in [-0.15, -0.1) is 0 Å². The number of carbonyl (C=O) groups is 1. The second-order valence-electron chi connectivity index (χ2n) is 4.96. The van der Waals surface area contributed by atoms with E-state index in [1.807, 2.05) is 4.90 Å². The zero-order valence-corrected chi connectivity index (χ0v) is 9.85. The minimum absolute atomic E-state index is 0.0793. The summed E-state index contributed by atoms with van der Waals surface area (Å²) in [5.41, 5.74) is 0. The fourth-order valence-corrected chi connectivity index (χ4v) is 2.67. The molecule has 0 bridgehead atoms. The van der Waals surface area contributed by atoms with E-state index in [0.29, 0.717) is 5.92 Å². The monoisotopic (exact) mass is 221 g/mol. The Hall–Kier alpha value is -1.24. The molecule has 2 rings (SSSR count). The smallest absolute Gasteiger partial charge is 0.321 e. The van der Waals surface area contributed by atoms with E-state index in [4.69, 9.17) is 5.26 Å². The van der Waals surface area contributed by atoms with Gasteiger partial charge in [0.2, 0.25) is 0 Å². The molecule has 16 heavy (non-hydrogen) atoms. The molecule has 0 aromatic carbocycles. The van der Waals surface area contributed by atoms with Crippen LogP contribution in [0.5, 0.6) is 0 Å². The number of amides is 2. The van der Waals surface area contributed by atoms with Crippen molar-refractivity contribution in [1.29, 1.82) is 5.26 Å². The first-order valence-electron chi connectivity index (χ1n) is 6.17. The lowest BCUT2D eigenvalue weighted by Gasteiger charge is -2.34. The number of urea groups is 1. The minimum Gasteiger partial charge on any atom is -0.324 e. The molecule has 88 valence electrons. The molecule has 0 N–H and O–H groups in total. The highest BCUT2D eigenvalue weighted by Gasteiger charge is 2.32. The Labute approximate surface area is 96.8 Å². The van der Waals surface area contributed by atoms with Gasteiger partial charge < -0.3 is 9.80 Å². The summed E-state index contributed by atoms with van der Waals surface area (Å²) in [5, 5.41) is 8.97. The summed E-state index contributed by atoms with van der Waals surface area (Å²) in [7, 11) is 0. The Bertz CT molecular complexity index is 310. The average Bonchev–Trinajstić information content (AvgIpc) is 2.76. The number of carbonyl (C=O) groups excluding carboxylic acids is 1.